The molecule has 0 N–H and O–H groups in total. The highest BCUT2D eigenvalue weighted by Crippen LogP contribution is 2.15. The van der Waals surface area contributed by atoms with Gasteiger partial charge < -0.3 is 9.47 Å². The summed E-state index contributed by atoms with van der Waals surface area (Å²) in [5, 5.41) is 0. The van der Waals surface area contributed by atoms with Crippen LogP contribution in [0, 0.1) is 0 Å². The summed E-state index contributed by atoms with van der Waals surface area (Å²) in [6.07, 6.45) is 3.54. The Morgan fingerprint density at radius 3 is 2.72 bits per heavy atom. The molecule has 0 atom stereocenters. The SMILES string of the molecule is Cl.O=C1Cn2cncc2CN1Cc1ccccc1. The van der Waals surface area contributed by atoms with E-state index in [1.54, 1.807) is 6.33 Å². The summed E-state index contributed by atoms with van der Waals surface area (Å²) in [4.78, 5) is 17.9. The fourth-order valence-electron chi connectivity index (χ4n) is 2.10. The van der Waals surface area contributed by atoms with Gasteiger partial charge in [0.25, 0.3) is 0 Å². The van der Waals surface area contributed by atoms with Crippen molar-refractivity contribution in [2.24, 2.45) is 0 Å². The number of aromatic nitrogens is 2. The summed E-state index contributed by atoms with van der Waals surface area (Å²) >= 11 is 0. The summed E-state index contributed by atoms with van der Waals surface area (Å²) in [6.45, 7) is 1.72. The maximum atomic E-state index is 11.9. The third-order valence-corrected chi connectivity index (χ3v) is 3.03. The Kier molecular flexibility index (Phi) is 3.67. The van der Waals surface area contributed by atoms with Crippen LogP contribution in [0.25, 0.3) is 0 Å². The van der Waals surface area contributed by atoms with Gasteiger partial charge in [0.1, 0.15) is 6.54 Å². The molecule has 0 saturated carbocycles. The van der Waals surface area contributed by atoms with Gasteiger partial charge in [-0.1, -0.05) is 30.3 Å². The third kappa shape index (κ3) is 2.38. The number of halogens is 1. The molecule has 18 heavy (non-hydrogen) atoms. The monoisotopic (exact) mass is 263 g/mol. The molecule has 0 fully saturated rings. The van der Waals surface area contributed by atoms with Gasteiger partial charge in [0, 0.05) is 12.7 Å². The molecular weight excluding hydrogens is 250 g/mol. The molecule has 94 valence electrons. The topological polar surface area (TPSA) is 38.1 Å². The lowest BCUT2D eigenvalue weighted by atomic mass is 10.2. The Balaban J connectivity index is 0.00000120. The second-order valence-electron chi connectivity index (χ2n) is 4.25. The molecule has 3 rings (SSSR count). The van der Waals surface area contributed by atoms with Gasteiger partial charge in [-0.2, -0.15) is 0 Å². The fraction of sp³-hybridized carbons (Fsp3) is 0.231. The number of nitrogens with zero attached hydrogens (tertiary/aromatic N) is 3. The van der Waals surface area contributed by atoms with E-state index < -0.39 is 0 Å². The molecule has 1 aliphatic rings. The predicted octanol–water partition coefficient (Wildman–Crippen LogP) is 1.85. The smallest absolute Gasteiger partial charge is 0.243 e. The van der Waals surface area contributed by atoms with E-state index in [1.165, 1.54) is 0 Å². The summed E-state index contributed by atoms with van der Waals surface area (Å²) in [7, 11) is 0. The van der Waals surface area contributed by atoms with Crippen LogP contribution in [-0.4, -0.2) is 20.4 Å². The van der Waals surface area contributed by atoms with Crippen molar-refractivity contribution >= 4 is 18.3 Å². The number of hydrogen-bond donors (Lipinski definition) is 0. The van der Waals surface area contributed by atoms with Crippen molar-refractivity contribution in [3.05, 3.63) is 54.1 Å². The first kappa shape index (κ1) is 12.6. The fourth-order valence-corrected chi connectivity index (χ4v) is 2.10. The summed E-state index contributed by atoms with van der Waals surface area (Å²) in [5.41, 5.74) is 2.26. The highest BCUT2D eigenvalue weighted by molar-refractivity contribution is 5.85. The zero-order valence-electron chi connectivity index (χ0n) is 9.82. The first-order chi connectivity index (χ1) is 8.33. The molecule has 1 aromatic carbocycles. The van der Waals surface area contributed by atoms with Crippen molar-refractivity contribution in [1.82, 2.24) is 14.5 Å². The van der Waals surface area contributed by atoms with Crippen LogP contribution in [-0.2, 0) is 24.4 Å². The van der Waals surface area contributed by atoms with E-state index in [0.717, 1.165) is 11.3 Å². The minimum atomic E-state index is 0. The number of carbonyl (C=O) groups is 1. The number of carbonyl (C=O) groups excluding carboxylic acids is 1. The Morgan fingerprint density at radius 1 is 1.17 bits per heavy atom. The van der Waals surface area contributed by atoms with Gasteiger partial charge in [0.15, 0.2) is 0 Å². The molecule has 1 aliphatic heterocycles. The van der Waals surface area contributed by atoms with Gasteiger partial charge >= 0.3 is 0 Å². The van der Waals surface area contributed by atoms with Gasteiger partial charge in [-0.3, -0.25) is 4.79 Å². The molecule has 2 heterocycles. The van der Waals surface area contributed by atoms with Crippen LogP contribution in [0.15, 0.2) is 42.9 Å². The number of amides is 1. The minimum absolute atomic E-state index is 0. The highest BCUT2D eigenvalue weighted by atomic mass is 35.5. The van der Waals surface area contributed by atoms with Crippen molar-refractivity contribution in [2.75, 3.05) is 0 Å². The number of fused-ring (bicyclic) bond motifs is 1. The van der Waals surface area contributed by atoms with Crippen LogP contribution in [0.2, 0.25) is 0 Å². The maximum Gasteiger partial charge on any atom is 0.243 e. The molecule has 0 unspecified atom stereocenters. The number of imidazole rings is 1. The van der Waals surface area contributed by atoms with Crippen molar-refractivity contribution in [3.63, 3.8) is 0 Å². The lowest BCUT2D eigenvalue weighted by Gasteiger charge is -2.28. The van der Waals surface area contributed by atoms with E-state index >= 15 is 0 Å². The van der Waals surface area contributed by atoms with E-state index in [2.05, 4.69) is 4.98 Å². The summed E-state index contributed by atoms with van der Waals surface area (Å²) < 4.78 is 1.91. The Labute approximate surface area is 112 Å². The number of hydrogen-bond acceptors (Lipinski definition) is 2. The third-order valence-electron chi connectivity index (χ3n) is 3.03. The molecule has 0 aliphatic carbocycles. The second kappa shape index (κ2) is 5.23. The van der Waals surface area contributed by atoms with Crippen LogP contribution in [0.5, 0.6) is 0 Å². The zero-order valence-corrected chi connectivity index (χ0v) is 10.6. The Hall–Kier alpha value is -1.81. The van der Waals surface area contributed by atoms with Crippen LogP contribution in [0.3, 0.4) is 0 Å². The first-order valence-corrected chi connectivity index (χ1v) is 5.63. The lowest BCUT2D eigenvalue weighted by Crippen LogP contribution is -2.38. The molecule has 0 radical (unpaired) electrons. The van der Waals surface area contributed by atoms with E-state index in [9.17, 15) is 4.79 Å². The standard InChI is InChI=1S/C13H13N3O.ClH/c17-13-9-16-10-14-6-12(16)8-15(13)7-11-4-2-1-3-5-11;/h1-6,10H,7-9H2;1H. The average molecular weight is 264 g/mol. The molecular formula is C13H14ClN3O. The van der Waals surface area contributed by atoms with E-state index in [1.807, 2.05) is 46.0 Å². The maximum absolute atomic E-state index is 11.9. The summed E-state index contributed by atoms with van der Waals surface area (Å²) in [5.74, 6) is 0.152. The van der Waals surface area contributed by atoms with E-state index in [0.29, 0.717) is 19.6 Å². The van der Waals surface area contributed by atoms with Gasteiger partial charge in [-0.05, 0) is 5.56 Å². The normalized spacial score (nSPS) is 14.0. The van der Waals surface area contributed by atoms with Crippen LogP contribution < -0.4 is 0 Å². The van der Waals surface area contributed by atoms with Gasteiger partial charge in [-0.25, -0.2) is 4.98 Å². The van der Waals surface area contributed by atoms with Crippen LogP contribution in [0.1, 0.15) is 11.3 Å². The Morgan fingerprint density at radius 2 is 1.94 bits per heavy atom. The molecule has 1 amide bonds. The predicted molar refractivity (Wildman–Crippen MR) is 70.2 cm³/mol. The molecule has 0 saturated heterocycles. The molecule has 2 aromatic rings. The Bertz CT molecular complexity index is 538. The van der Waals surface area contributed by atoms with Crippen LogP contribution in [0.4, 0.5) is 0 Å². The van der Waals surface area contributed by atoms with E-state index in [4.69, 9.17) is 0 Å². The quantitative estimate of drug-likeness (QED) is 0.829. The number of benzene rings is 1. The van der Waals surface area contributed by atoms with Crippen LogP contribution >= 0.6 is 12.4 Å². The summed E-state index contributed by atoms with van der Waals surface area (Å²) in [6, 6.07) is 10.1. The van der Waals surface area contributed by atoms with Crippen molar-refractivity contribution in [2.45, 2.75) is 19.6 Å². The minimum Gasteiger partial charge on any atom is -0.331 e. The molecule has 4 nitrogen and oxygen atoms in total. The second-order valence-corrected chi connectivity index (χ2v) is 4.25. The van der Waals surface area contributed by atoms with E-state index in [-0.39, 0.29) is 18.3 Å². The van der Waals surface area contributed by atoms with Crippen molar-refractivity contribution in [1.29, 1.82) is 0 Å². The van der Waals surface area contributed by atoms with Crippen molar-refractivity contribution in [3.8, 4) is 0 Å². The van der Waals surface area contributed by atoms with Crippen molar-refractivity contribution < 1.29 is 4.79 Å². The molecule has 0 spiro atoms. The van der Waals surface area contributed by atoms with Gasteiger partial charge in [-0.15, -0.1) is 12.4 Å². The zero-order chi connectivity index (χ0) is 11.7. The number of rotatable bonds is 2. The molecule has 5 heteroatoms. The highest BCUT2D eigenvalue weighted by Gasteiger charge is 2.22. The largest absolute Gasteiger partial charge is 0.331 e. The average Bonchev–Trinajstić information content (AvgIpc) is 2.78. The lowest BCUT2D eigenvalue weighted by molar-refractivity contribution is -0.134. The first-order valence-electron chi connectivity index (χ1n) is 5.63. The van der Waals surface area contributed by atoms with Gasteiger partial charge in [0.05, 0.1) is 18.6 Å². The molecule has 0 bridgehead atoms. The molecule has 1 aromatic heterocycles. The van der Waals surface area contributed by atoms with Gasteiger partial charge in [0.2, 0.25) is 5.91 Å².